The minimum atomic E-state index is -0.461. The SMILES string of the molecule is O=C(Nc1ccccc1F)N1CCN(Cc2cc(=O)n3nc(-c4cccs4)sc3n2)CC1. The highest BCUT2D eigenvalue weighted by Gasteiger charge is 2.22. The number of amides is 2. The van der Waals surface area contributed by atoms with Crippen LogP contribution in [0.15, 0.2) is 52.6 Å². The van der Waals surface area contributed by atoms with Crippen molar-refractivity contribution in [1.82, 2.24) is 24.4 Å². The van der Waals surface area contributed by atoms with Crippen LogP contribution in [-0.4, -0.2) is 56.6 Å². The Morgan fingerprint density at radius 2 is 1.94 bits per heavy atom. The van der Waals surface area contributed by atoms with Crippen molar-refractivity contribution < 1.29 is 9.18 Å². The number of carbonyl (C=O) groups is 1. The third kappa shape index (κ3) is 4.27. The van der Waals surface area contributed by atoms with Gasteiger partial charge in [0.15, 0.2) is 5.01 Å². The molecule has 32 heavy (non-hydrogen) atoms. The number of nitrogens with one attached hydrogen (secondary N) is 1. The van der Waals surface area contributed by atoms with Gasteiger partial charge in [-0.05, 0) is 23.6 Å². The first-order valence-electron chi connectivity index (χ1n) is 10.0. The van der Waals surface area contributed by atoms with Crippen molar-refractivity contribution in [2.75, 3.05) is 31.5 Å². The minimum Gasteiger partial charge on any atom is -0.322 e. The molecule has 1 saturated heterocycles. The fourth-order valence-corrected chi connectivity index (χ4v) is 5.25. The van der Waals surface area contributed by atoms with Gasteiger partial charge in [0.05, 0.1) is 16.3 Å². The van der Waals surface area contributed by atoms with Crippen molar-refractivity contribution in [3.63, 3.8) is 0 Å². The van der Waals surface area contributed by atoms with E-state index in [1.807, 2.05) is 17.5 Å². The van der Waals surface area contributed by atoms with Gasteiger partial charge in [-0.2, -0.15) is 9.61 Å². The van der Waals surface area contributed by atoms with Crippen molar-refractivity contribution in [1.29, 1.82) is 0 Å². The maximum Gasteiger partial charge on any atom is 0.322 e. The third-order valence-electron chi connectivity index (χ3n) is 5.19. The van der Waals surface area contributed by atoms with Gasteiger partial charge in [-0.1, -0.05) is 29.5 Å². The Balaban J connectivity index is 1.22. The summed E-state index contributed by atoms with van der Waals surface area (Å²) in [5.41, 5.74) is 0.650. The van der Waals surface area contributed by atoms with Crippen LogP contribution in [0.25, 0.3) is 14.8 Å². The van der Waals surface area contributed by atoms with Gasteiger partial charge in [-0.15, -0.1) is 11.3 Å². The molecule has 8 nitrogen and oxygen atoms in total. The third-order valence-corrected chi connectivity index (χ3v) is 7.14. The summed E-state index contributed by atoms with van der Waals surface area (Å²) in [4.78, 5) is 35.0. The van der Waals surface area contributed by atoms with E-state index in [1.54, 1.807) is 28.4 Å². The number of halogens is 1. The van der Waals surface area contributed by atoms with Crippen LogP contribution in [0.3, 0.4) is 0 Å². The Morgan fingerprint density at radius 3 is 2.69 bits per heavy atom. The molecule has 0 aliphatic carbocycles. The number of rotatable bonds is 4. The fraction of sp³-hybridized carbons (Fsp3) is 0.238. The van der Waals surface area contributed by atoms with E-state index in [4.69, 9.17) is 0 Å². The number of piperazine rings is 1. The number of hydrogen-bond acceptors (Lipinski definition) is 7. The average molecular weight is 471 g/mol. The van der Waals surface area contributed by atoms with Crippen LogP contribution in [0, 0.1) is 5.82 Å². The molecule has 1 fully saturated rings. The first kappa shape index (κ1) is 20.7. The molecule has 0 spiro atoms. The van der Waals surface area contributed by atoms with E-state index >= 15 is 0 Å². The monoisotopic (exact) mass is 470 g/mol. The van der Waals surface area contributed by atoms with Crippen LogP contribution in [-0.2, 0) is 6.54 Å². The van der Waals surface area contributed by atoms with E-state index in [1.165, 1.54) is 34.1 Å². The second-order valence-electron chi connectivity index (χ2n) is 7.34. The fourth-order valence-electron chi connectivity index (χ4n) is 3.53. The Morgan fingerprint density at radius 1 is 1.12 bits per heavy atom. The molecule has 0 unspecified atom stereocenters. The highest BCUT2D eigenvalue weighted by molar-refractivity contribution is 7.23. The molecule has 4 aromatic rings. The van der Waals surface area contributed by atoms with Gasteiger partial charge in [-0.25, -0.2) is 14.2 Å². The summed E-state index contributed by atoms with van der Waals surface area (Å²) < 4.78 is 15.1. The summed E-state index contributed by atoms with van der Waals surface area (Å²) in [6, 6.07) is 11.2. The summed E-state index contributed by atoms with van der Waals surface area (Å²) in [5.74, 6) is -0.461. The molecule has 164 valence electrons. The average Bonchev–Trinajstić information content (AvgIpc) is 3.46. The Bertz CT molecular complexity index is 1310. The predicted octanol–water partition coefficient (Wildman–Crippen LogP) is 3.37. The van der Waals surface area contributed by atoms with E-state index in [9.17, 15) is 14.0 Å². The lowest BCUT2D eigenvalue weighted by atomic mass is 10.3. The number of nitrogens with zero attached hydrogens (tertiary/aromatic N) is 5. The molecular weight excluding hydrogens is 451 g/mol. The standard InChI is InChI=1S/C21H19FN6O2S2/c22-15-4-1-2-5-16(15)24-20(30)27-9-7-26(8-10-27)13-14-12-18(29)28-21(23-14)32-19(25-28)17-6-3-11-31-17/h1-6,11-12H,7-10,13H2,(H,24,30). The number of hydrogen-bond donors (Lipinski definition) is 1. The topological polar surface area (TPSA) is 82.8 Å². The molecule has 1 aliphatic heterocycles. The van der Waals surface area contributed by atoms with Crippen LogP contribution in [0.4, 0.5) is 14.9 Å². The maximum absolute atomic E-state index is 13.8. The number of urea groups is 1. The first-order valence-corrected chi connectivity index (χ1v) is 11.7. The largest absolute Gasteiger partial charge is 0.322 e. The van der Waals surface area contributed by atoms with Crippen LogP contribution < -0.4 is 10.9 Å². The van der Waals surface area contributed by atoms with Crippen molar-refractivity contribution in [2.45, 2.75) is 6.54 Å². The number of para-hydroxylation sites is 1. The predicted molar refractivity (Wildman–Crippen MR) is 123 cm³/mol. The molecule has 3 aromatic heterocycles. The summed E-state index contributed by atoms with van der Waals surface area (Å²) >= 11 is 2.96. The highest BCUT2D eigenvalue weighted by Crippen LogP contribution is 2.28. The number of thiophene rings is 1. The molecule has 0 bridgehead atoms. The lowest BCUT2D eigenvalue weighted by molar-refractivity contribution is 0.142. The van der Waals surface area contributed by atoms with Gasteiger partial charge in [0.25, 0.3) is 5.56 Å². The van der Waals surface area contributed by atoms with Crippen molar-refractivity contribution in [3.05, 3.63) is 69.7 Å². The zero-order valence-electron chi connectivity index (χ0n) is 16.9. The van der Waals surface area contributed by atoms with Gasteiger partial charge >= 0.3 is 6.03 Å². The molecule has 11 heteroatoms. The molecule has 1 aliphatic rings. The number of fused-ring (bicyclic) bond motifs is 1. The molecule has 0 radical (unpaired) electrons. The normalized spacial score (nSPS) is 14.7. The smallest absolute Gasteiger partial charge is 0.322 e. The molecule has 2 amide bonds. The molecule has 1 N–H and O–H groups in total. The molecular formula is C21H19FN6O2S2. The van der Waals surface area contributed by atoms with E-state index in [0.29, 0.717) is 43.4 Å². The quantitative estimate of drug-likeness (QED) is 0.495. The number of carbonyl (C=O) groups excluding carboxylic acids is 1. The lowest BCUT2D eigenvalue weighted by Gasteiger charge is -2.34. The van der Waals surface area contributed by atoms with Crippen LogP contribution >= 0.6 is 22.7 Å². The number of aromatic nitrogens is 3. The van der Waals surface area contributed by atoms with Gasteiger partial charge in [0.1, 0.15) is 5.82 Å². The van der Waals surface area contributed by atoms with Gasteiger partial charge in [0.2, 0.25) is 4.96 Å². The van der Waals surface area contributed by atoms with Crippen molar-refractivity contribution in [2.24, 2.45) is 0 Å². The second kappa shape index (κ2) is 8.77. The van der Waals surface area contributed by atoms with Crippen molar-refractivity contribution >= 4 is 39.4 Å². The van der Waals surface area contributed by atoms with E-state index < -0.39 is 5.82 Å². The summed E-state index contributed by atoms with van der Waals surface area (Å²) in [6.07, 6.45) is 0. The molecule has 0 saturated carbocycles. The highest BCUT2D eigenvalue weighted by atomic mass is 32.1. The Hall–Kier alpha value is -3.15. The number of anilines is 1. The van der Waals surface area contributed by atoms with Gasteiger partial charge in [0, 0.05) is 38.8 Å². The molecule has 5 rings (SSSR count). The van der Waals surface area contributed by atoms with E-state index in [0.717, 1.165) is 9.88 Å². The van der Waals surface area contributed by atoms with E-state index in [-0.39, 0.29) is 17.3 Å². The van der Waals surface area contributed by atoms with Gasteiger partial charge in [-0.3, -0.25) is 9.69 Å². The molecule has 1 aromatic carbocycles. The second-order valence-corrected chi connectivity index (χ2v) is 9.24. The Labute approximate surface area is 190 Å². The van der Waals surface area contributed by atoms with Crippen LogP contribution in [0.1, 0.15) is 5.69 Å². The van der Waals surface area contributed by atoms with Crippen LogP contribution in [0.5, 0.6) is 0 Å². The number of benzene rings is 1. The van der Waals surface area contributed by atoms with E-state index in [2.05, 4.69) is 20.3 Å². The summed E-state index contributed by atoms with van der Waals surface area (Å²) in [7, 11) is 0. The summed E-state index contributed by atoms with van der Waals surface area (Å²) in [5, 5.41) is 9.76. The lowest BCUT2D eigenvalue weighted by Crippen LogP contribution is -2.49. The maximum atomic E-state index is 13.8. The first-order chi connectivity index (χ1) is 15.6. The molecule has 0 atom stereocenters. The van der Waals surface area contributed by atoms with Crippen LogP contribution in [0.2, 0.25) is 0 Å². The Kier molecular flexibility index (Phi) is 5.68. The van der Waals surface area contributed by atoms with Gasteiger partial charge < -0.3 is 10.2 Å². The summed E-state index contributed by atoms with van der Waals surface area (Å²) in [6.45, 7) is 2.79. The van der Waals surface area contributed by atoms with Crippen molar-refractivity contribution in [3.8, 4) is 9.88 Å². The zero-order chi connectivity index (χ0) is 22.1. The molecule has 4 heterocycles. The minimum absolute atomic E-state index is 0.171. The zero-order valence-corrected chi connectivity index (χ0v) is 18.5.